The van der Waals surface area contributed by atoms with Gasteiger partial charge in [0.25, 0.3) is 5.91 Å². The first kappa shape index (κ1) is 15.9. The van der Waals surface area contributed by atoms with E-state index in [2.05, 4.69) is 5.32 Å². The second-order valence-electron chi connectivity index (χ2n) is 5.47. The number of benzene rings is 1. The summed E-state index contributed by atoms with van der Waals surface area (Å²) < 4.78 is 26.6. The summed E-state index contributed by atoms with van der Waals surface area (Å²) in [4.78, 5) is 12.0. The van der Waals surface area contributed by atoms with Crippen LogP contribution in [0.5, 0.6) is 0 Å². The van der Waals surface area contributed by atoms with Crippen molar-refractivity contribution in [2.24, 2.45) is 5.41 Å². The molecule has 1 rings (SSSR count). The topological polar surface area (TPSA) is 29.1 Å². The lowest BCUT2D eigenvalue weighted by Gasteiger charge is -2.31. The third-order valence-electron chi connectivity index (χ3n) is 2.94. The molecule has 0 heterocycles. The minimum atomic E-state index is -1.13. The van der Waals surface area contributed by atoms with Gasteiger partial charge in [-0.05, 0) is 24.0 Å². The van der Waals surface area contributed by atoms with Crippen molar-refractivity contribution < 1.29 is 13.6 Å². The van der Waals surface area contributed by atoms with E-state index in [4.69, 9.17) is 11.6 Å². The third kappa shape index (κ3) is 4.16. The molecule has 5 heteroatoms. The molecule has 0 bridgehead atoms. The van der Waals surface area contributed by atoms with E-state index in [1.54, 1.807) is 0 Å². The number of hydrogen-bond acceptors (Lipinski definition) is 1. The lowest BCUT2D eigenvalue weighted by Crippen LogP contribution is -2.44. The van der Waals surface area contributed by atoms with Crippen molar-refractivity contribution in [2.75, 3.05) is 5.88 Å². The SMILES string of the molecule is CC(C)(C)C(CCCl)NC(=O)c1cccc(F)c1F. The molecule has 0 saturated heterocycles. The number of hydrogen-bond donors (Lipinski definition) is 1. The van der Waals surface area contributed by atoms with E-state index in [0.717, 1.165) is 6.07 Å². The quantitative estimate of drug-likeness (QED) is 0.841. The summed E-state index contributed by atoms with van der Waals surface area (Å²) in [5, 5.41) is 2.71. The zero-order chi connectivity index (χ0) is 14.6. The van der Waals surface area contributed by atoms with E-state index in [1.807, 2.05) is 20.8 Å². The van der Waals surface area contributed by atoms with E-state index in [1.165, 1.54) is 12.1 Å². The van der Waals surface area contributed by atoms with E-state index in [0.29, 0.717) is 12.3 Å². The Hall–Kier alpha value is -1.16. The van der Waals surface area contributed by atoms with Crippen LogP contribution >= 0.6 is 11.6 Å². The molecule has 1 N–H and O–H groups in total. The highest BCUT2D eigenvalue weighted by Gasteiger charge is 2.27. The lowest BCUT2D eigenvalue weighted by atomic mass is 9.85. The molecule has 0 spiro atoms. The molecular weight excluding hydrogens is 272 g/mol. The fourth-order valence-electron chi connectivity index (χ4n) is 1.75. The average molecular weight is 290 g/mol. The maximum Gasteiger partial charge on any atom is 0.254 e. The van der Waals surface area contributed by atoms with Gasteiger partial charge >= 0.3 is 0 Å². The second-order valence-corrected chi connectivity index (χ2v) is 5.85. The third-order valence-corrected chi connectivity index (χ3v) is 3.16. The van der Waals surface area contributed by atoms with Crippen molar-refractivity contribution in [3.8, 4) is 0 Å². The summed E-state index contributed by atoms with van der Waals surface area (Å²) in [6.07, 6.45) is 0.563. The highest BCUT2D eigenvalue weighted by molar-refractivity contribution is 6.17. The van der Waals surface area contributed by atoms with E-state index in [-0.39, 0.29) is 17.0 Å². The molecular formula is C14H18ClF2NO. The van der Waals surface area contributed by atoms with Gasteiger partial charge in [0.2, 0.25) is 0 Å². The molecule has 1 aromatic rings. The fraction of sp³-hybridized carbons (Fsp3) is 0.500. The number of alkyl halides is 1. The molecule has 0 aliphatic carbocycles. The van der Waals surface area contributed by atoms with Crippen LogP contribution < -0.4 is 5.32 Å². The highest BCUT2D eigenvalue weighted by atomic mass is 35.5. The van der Waals surface area contributed by atoms with E-state index < -0.39 is 17.5 Å². The molecule has 1 unspecified atom stereocenters. The molecule has 106 valence electrons. The summed E-state index contributed by atoms with van der Waals surface area (Å²) in [5.41, 5.74) is -0.502. The molecule has 0 radical (unpaired) electrons. The van der Waals surface area contributed by atoms with Gasteiger partial charge in [0.15, 0.2) is 11.6 Å². The number of nitrogens with one attached hydrogen (secondary N) is 1. The van der Waals surface area contributed by atoms with Crippen LogP contribution in [0.1, 0.15) is 37.6 Å². The molecule has 1 amide bonds. The van der Waals surface area contributed by atoms with Gasteiger partial charge in [0, 0.05) is 11.9 Å². The van der Waals surface area contributed by atoms with Crippen LogP contribution in [0, 0.1) is 17.0 Å². The first-order valence-corrected chi connectivity index (χ1v) is 6.61. The zero-order valence-corrected chi connectivity index (χ0v) is 12.0. The molecule has 1 aromatic carbocycles. The van der Waals surface area contributed by atoms with Crippen molar-refractivity contribution in [1.82, 2.24) is 5.32 Å². The Kier molecular flexibility index (Phi) is 5.29. The number of carbonyl (C=O) groups is 1. The molecule has 0 aliphatic rings. The molecule has 0 fully saturated rings. The van der Waals surface area contributed by atoms with Crippen molar-refractivity contribution in [3.63, 3.8) is 0 Å². The summed E-state index contributed by atoms with van der Waals surface area (Å²) in [7, 11) is 0. The smallest absolute Gasteiger partial charge is 0.254 e. The van der Waals surface area contributed by atoms with Gasteiger partial charge in [0.05, 0.1) is 5.56 Å². The summed E-state index contributed by atoms with van der Waals surface area (Å²) in [5.74, 6) is -2.40. The van der Waals surface area contributed by atoms with Crippen LogP contribution in [0.3, 0.4) is 0 Å². The van der Waals surface area contributed by atoms with Crippen LogP contribution in [0.2, 0.25) is 0 Å². The minimum Gasteiger partial charge on any atom is -0.349 e. The van der Waals surface area contributed by atoms with E-state index in [9.17, 15) is 13.6 Å². The predicted octanol–water partition coefficient (Wildman–Crippen LogP) is 3.74. The van der Waals surface area contributed by atoms with Crippen molar-refractivity contribution in [3.05, 3.63) is 35.4 Å². The van der Waals surface area contributed by atoms with Gasteiger partial charge in [-0.2, -0.15) is 0 Å². The van der Waals surface area contributed by atoms with Crippen molar-refractivity contribution >= 4 is 17.5 Å². The molecule has 0 aromatic heterocycles. The molecule has 19 heavy (non-hydrogen) atoms. The van der Waals surface area contributed by atoms with Crippen molar-refractivity contribution in [1.29, 1.82) is 0 Å². The Morgan fingerprint density at radius 1 is 1.37 bits per heavy atom. The van der Waals surface area contributed by atoms with Gasteiger partial charge in [-0.15, -0.1) is 11.6 Å². The van der Waals surface area contributed by atoms with Crippen LogP contribution in [0.25, 0.3) is 0 Å². The average Bonchev–Trinajstić information content (AvgIpc) is 2.30. The Morgan fingerprint density at radius 2 is 2.00 bits per heavy atom. The zero-order valence-electron chi connectivity index (χ0n) is 11.3. The summed E-state index contributed by atoms with van der Waals surface area (Å²) in [6, 6.07) is 3.33. The minimum absolute atomic E-state index is 0.208. The van der Waals surface area contributed by atoms with Crippen LogP contribution in [-0.4, -0.2) is 17.8 Å². The van der Waals surface area contributed by atoms with Crippen molar-refractivity contribution in [2.45, 2.75) is 33.2 Å². The Labute approximate surface area is 117 Å². The molecule has 1 atom stereocenters. The highest BCUT2D eigenvalue weighted by Crippen LogP contribution is 2.23. The monoisotopic (exact) mass is 289 g/mol. The first-order chi connectivity index (χ1) is 8.77. The van der Waals surface area contributed by atoms with Gasteiger partial charge < -0.3 is 5.32 Å². The summed E-state index contributed by atoms with van der Waals surface area (Å²) in [6.45, 7) is 5.85. The number of rotatable bonds is 4. The second kappa shape index (κ2) is 6.33. The maximum atomic E-state index is 13.5. The Bertz CT molecular complexity index is 457. The summed E-state index contributed by atoms with van der Waals surface area (Å²) >= 11 is 5.70. The predicted molar refractivity (Wildman–Crippen MR) is 72.4 cm³/mol. The molecule has 0 aliphatic heterocycles. The molecule has 0 saturated carbocycles. The van der Waals surface area contributed by atoms with Gasteiger partial charge in [-0.3, -0.25) is 4.79 Å². The Morgan fingerprint density at radius 3 is 2.53 bits per heavy atom. The normalized spacial score (nSPS) is 13.2. The van der Waals surface area contributed by atoms with Gasteiger partial charge in [-0.25, -0.2) is 8.78 Å². The number of carbonyl (C=O) groups excluding carboxylic acids is 1. The number of halogens is 3. The van der Waals surface area contributed by atoms with Gasteiger partial charge in [0.1, 0.15) is 0 Å². The largest absolute Gasteiger partial charge is 0.349 e. The lowest BCUT2D eigenvalue weighted by molar-refractivity contribution is 0.0895. The maximum absolute atomic E-state index is 13.5. The number of amides is 1. The Balaban J connectivity index is 2.91. The van der Waals surface area contributed by atoms with E-state index >= 15 is 0 Å². The van der Waals surface area contributed by atoms with Crippen LogP contribution in [0.15, 0.2) is 18.2 Å². The van der Waals surface area contributed by atoms with Crippen LogP contribution in [0.4, 0.5) is 8.78 Å². The first-order valence-electron chi connectivity index (χ1n) is 6.08. The fourth-order valence-corrected chi connectivity index (χ4v) is 1.96. The standard InChI is InChI=1S/C14H18ClF2NO/c1-14(2,3)11(7-8-15)18-13(19)9-5-4-6-10(16)12(9)17/h4-6,11H,7-8H2,1-3H3,(H,18,19). The van der Waals surface area contributed by atoms with Gasteiger partial charge in [-0.1, -0.05) is 26.8 Å². The molecule has 2 nitrogen and oxygen atoms in total. The van der Waals surface area contributed by atoms with Crippen LogP contribution in [-0.2, 0) is 0 Å².